The van der Waals surface area contributed by atoms with Crippen LogP contribution >= 0.6 is 0 Å². The number of hydrogen-bond donors (Lipinski definition) is 3. The van der Waals surface area contributed by atoms with E-state index in [9.17, 15) is 9.90 Å². The first kappa shape index (κ1) is 15.5. The van der Waals surface area contributed by atoms with E-state index < -0.39 is 5.41 Å². The average Bonchev–Trinajstić information content (AvgIpc) is 2.38. The number of carbonyl (C=O) groups is 1. The van der Waals surface area contributed by atoms with Crippen LogP contribution < -0.4 is 10.6 Å². The van der Waals surface area contributed by atoms with E-state index in [0.717, 1.165) is 12.0 Å². The lowest BCUT2D eigenvalue weighted by molar-refractivity contribution is -0.128. The highest BCUT2D eigenvalue weighted by Crippen LogP contribution is 2.15. The zero-order valence-corrected chi connectivity index (χ0v) is 12.2. The van der Waals surface area contributed by atoms with Gasteiger partial charge in [0.25, 0.3) is 0 Å². The largest absolute Gasteiger partial charge is 0.508 e. The monoisotopic (exact) mass is 264 g/mol. The summed E-state index contributed by atoms with van der Waals surface area (Å²) in [5.74, 6) is 0.321. The predicted octanol–water partition coefficient (Wildman–Crippen LogP) is 1.68. The summed E-state index contributed by atoms with van der Waals surface area (Å²) >= 11 is 0. The lowest BCUT2D eigenvalue weighted by Gasteiger charge is -2.25. The molecule has 0 bridgehead atoms. The van der Waals surface area contributed by atoms with Gasteiger partial charge in [0.2, 0.25) is 5.91 Å². The molecule has 3 N–H and O–H groups in total. The van der Waals surface area contributed by atoms with Crippen LogP contribution in [0.25, 0.3) is 0 Å². The summed E-state index contributed by atoms with van der Waals surface area (Å²) in [4.78, 5) is 11.7. The molecule has 0 radical (unpaired) electrons. The van der Waals surface area contributed by atoms with Crippen molar-refractivity contribution in [3.8, 4) is 5.75 Å². The number of nitrogens with one attached hydrogen (secondary N) is 2. The number of rotatable bonds is 6. The zero-order valence-electron chi connectivity index (χ0n) is 12.2. The van der Waals surface area contributed by atoms with Gasteiger partial charge >= 0.3 is 0 Å². The van der Waals surface area contributed by atoms with E-state index in [1.54, 1.807) is 19.2 Å². The number of aromatic hydroxyl groups is 1. The van der Waals surface area contributed by atoms with Crippen molar-refractivity contribution in [2.75, 3.05) is 13.6 Å². The molecule has 1 aromatic rings. The van der Waals surface area contributed by atoms with Crippen LogP contribution in [0.15, 0.2) is 24.3 Å². The quantitative estimate of drug-likeness (QED) is 0.732. The van der Waals surface area contributed by atoms with Gasteiger partial charge in [-0.3, -0.25) is 4.79 Å². The van der Waals surface area contributed by atoms with Crippen molar-refractivity contribution in [1.29, 1.82) is 0 Å². The molecule has 1 atom stereocenters. The fraction of sp³-hybridized carbons (Fsp3) is 0.533. The van der Waals surface area contributed by atoms with Gasteiger partial charge in [-0.05, 0) is 44.9 Å². The van der Waals surface area contributed by atoms with Crippen LogP contribution in [-0.4, -0.2) is 30.6 Å². The average molecular weight is 264 g/mol. The Morgan fingerprint density at radius 2 is 1.89 bits per heavy atom. The van der Waals surface area contributed by atoms with Crippen LogP contribution in [0.1, 0.15) is 26.3 Å². The van der Waals surface area contributed by atoms with E-state index in [1.165, 1.54) is 0 Å². The normalized spacial score (nSPS) is 13.1. The Morgan fingerprint density at radius 1 is 1.32 bits per heavy atom. The Bertz CT molecular complexity index is 413. The molecule has 4 nitrogen and oxygen atoms in total. The van der Waals surface area contributed by atoms with Crippen LogP contribution in [0, 0.1) is 5.41 Å². The van der Waals surface area contributed by atoms with Crippen molar-refractivity contribution in [1.82, 2.24) is 10.6 Å². The Labute approximate surface area is 115 Å². The van der Waals surface area contributed by atoms with Gasteiger partial charge in [-0.2, -0.15) is 0 Å². The molecule has 19 heavy (non-hydrogen) atoms. The van der Waals surface area contributed by atoms with E-state index in [0.29, 0.717) is 6.54 Å². The highest BCUT2D eigenvalue weighted by molar-refractivity contribution is 5.81. The molecular formula is C15H24N2O2. The van der Waals surface area contributed by atoms with Crippen molar-refractivity contribution >= 4 is 5.91 Å². The molecule has 1 unspecified atom stereocenters. The van der Waals surface area contributed by atoms with Crippen molar-refractivity contribution < 1.29 is 9.90 Å². The number of phenolic OH excluding ortho intramolecular Hbond substituents is 1. The molecule has 0 aliphatic heterocycles. The maximum atomic E-state index is 11.7. The lowest BCUT2D eigenvalue weighted by Crippen LogP contribution is -2.44. The SMILES string of the molecule is CNC(=O)C(C)(C)CNC(C)Cc1ccc(O)cc1. The van der Waals surface area contributed by atoms with Gasteiger partial charge in [0.15, 0.2) is 0 Å². The van der Waals surface area contributed by atoms with Crippen LogP contribution in [0.4, 0.5) is 0 Å². The molecule has 4 heteroatoms. The first-order valence-corrected chi connectivity index (χ1v) is 6.58. The number of amides is 1. The van der Waals surface area contributed by atoms with Gasteiger partial charge in [-0.15, -0.1) is 0 Å². The molecule has 1 aromatic carbocycles. The molecule has 0 saturated carbocycles. The third-order valence-electron chi connectivity index (χ3n) is 3.21. The number of carbonyl (C=O) groups excluding carboxylic acids is 1. The second-order valence-electron chi connectivity index (χ2n) is 5.62. The second kappa shape index (κ2) is 6.57. The summed E-state index contributed by atoms with van der Waals surface area (Å²) in [5.41, 5.74) is 0.744. The minimum absolute atomic E-state index is 0.0387. The molecule has 0 heterocycles. The topological polar surface area (TPSA) is 61.4 Å². The molecule has 1 amide bonds. The molecule has 0 fully saturated rings. The van der Waals surface area contributed by atoms with Crippen LogP contribution in [0.5, 0.6) is 5.75 Å². The first-order chi connectivity index (χ1) is 8.85. The Balaban J connectivity index is 2.45. The van der Waals surface area contributed by atoms with Crippen molar-refractivity contribution in [3.63, 3.8) is 0 Å². The minimum Gasteiger partial charge on any atom is -0.508 e. The van der Waals surface area contributed by atoms with E-state index >= 15 is 0 Å². The molecule has 0 aliphatic rings. The Kier molecular flexibility index (Phi) is 5.36. The Hall–Kier alpha value is -1.55. The molecule has 0 spiro atoms. The molecular weight excluding hydrogens is 240 g/mol. The zero-order chi connectivity index (χ0) is 14.5. The predicted molar refractivity (Wildman–Crippen MR) is 77.1 cm³/mol. The van der Waals surface area contributed by atoms with Crippen LogP contribution in [0.2, 0.25) is 0 Å². The van der Waals surface area contributed by atoms with E-state index in [1.807, 2.05) is 26.0 Å². The standard InChI is InChI=1S/C15H24N2O2/c1-11(9-12-5-7-13(18)8-6-12)17-10-15(2,3)14(19)16-4/h5-8,11,17-18H,9-10H2,1-4H3,(H,16,19). The van der Waals surface area contributed by atoms with Gasteiger partial charge in [0.1, 0.15) is 5.75 Å². The van der Waals surface area contributed by atoms with Crippen LogP contribution in [0.3, 0.4) is 0 Å². The summed E-state index contributed by atoms with van der Waals surface area (Å²) in [5, 5.41) is 15.3. The lowest BCUT2D eigenvalue weighted by atomic mass is 9.91. The number of hydrogen-bond acceptors (Lipinski definition) is 3. The van der Waals surface area contributed by atoms with E-state index in [-0.39, 0.29) is 17.7 Å². The molecule has 0 aromatic heterocycles. The number of benzene rings is 1. The fourth-order valence-electron chi connectivity index (χ4n) is 1.91. The third-order valence-corrected chi connectivity index (χ3v) is 3.21. The summed E-state index contributed by atoms with van der Waals surface area (Å²) in [7, 11) is 1.66. The van der Waals surface area contributed by atoms with Gasteiger partial charge < -0.3 is 15.7 Å². The Morgan fingerprint density at radius 3 is 2.42 bits per heavy atom. The summed E-state index contributed by atoms with van der Waals surface area (Å²) in [6, 6.07) is 7.48. The first-order valence-electron chi connectivity index (χ1n) is 6.58. The van der Waals surface area contributed by atoms with Gasteiger partial charge in [0.05, 0.1) is 5.41 Å². The van der Waals surface area contributed by atoms with Gasteiger partial charge in [-0.1, -0.05) is 12.1 Å². The maximum Gasteiger partial charge on any atom is 0.226 e. The van der Waals surface area contributed by atoms with E-state index in [2.05, 4.69) is 17.6 Å². The fourth-order valence-corrected chi connectivity index (χ4v) is 1.91. The molecule has 1 rings (SSSR count). The summed E-state index contributed by atoms with van der Waals surface area (Å²) in [6.07, 6.45) is 0.865. The summed E-state index contributed by atoms with van der Waals surface area (Å²) in [6.45, 7) is 6.57. The number of phenols is 1. The summed E-state index contributed by atoms with van der Waals surface area (Å²) < 4.78 is 0. The van der Waals surface area contributed by atoms with Crippen molar-refractivity contribution in [2.24, 2.45) is 5.41 Å². The third kappa shape index (κ3) is 4.91. The smallest absolute Gasteiger partial charge is 0.226 e. The minimum atomic E-state index is -0.419. The highest BCUT2D eigenvalue weighted by atomic mass is 16.3. The van der Waals surface area contributed by atoms with Gasteiger partial charge in [-0.25, -0.2) is 0 Å². The van der Waals surface area contributed by atoms with Crippen molar-refractivity contribution in [2.45, 2.75) is 33.2 Å². The van der Waals surface area contributed by atoms with Gasteiger partial charge in [0, 0.05) is 19.6 Å². The molecule has 106 valence electrons. The molecule has 0 aliphatic carbocycles. The second-order valence-corrected chi connectivity index (χ2v) is 5.62. The highest BCUT2D eigenvalue weighted by Gasteiger charge is 2.26. The van der Waals surface area contributed by atoms with Crippen molar-refractivity contribution in [3.05, 3.63) is 29.8 Å². The van der Waals surface area contributed by atoms with E-state index in [4.69, 9.17) is 0 Å². The molecule has 0 saturated heterocycles. The maximum absolute atomic E-state index is 11.7. The van der Waals surface area contributed by atoms with Crippen LogP contribution in [-0.2, 0) is 11.2 Å².